The lowest BCUT2D eigenvalue weighted by Crippen LogP contribution is -2.35. The van der Waals surface area contributed by atoms with E-state index in [0.717, 1.165) is 0 Å². The lowest BCUT2D eigenvalue weighted by atomic mass is 9.97. The third kappa shape index (κ3) is 3.29. The minimum absolute atomic E-state index is 0.0617. The van der Waals surface area contributed by atoms with Crippen LogP contribution in [-0.4, -0.2) is 19.4 Å². The Morgan fingerprint density at radius 2 is 2.00 bits per heavy atom. The van der Waals surface area contributed by atoms with Gasteiger partial charge in [-0.2, -0.15) is 0 Å². The van der Waals surface area contributed by atoms with E-state index < -0.39 is 0 Å². The second kappa shape index (κ2) is 4.76. The summed E-state index contributed by atoms with van der Waals surface area (Å²) in [7, 11) is 0. The van der Waals surface area contributed by atoms with Gasteiger partial charge >= 0.3 is 6.03 Å². The molecule has 0 spiro atoms. The van der Waals surface area contributed by atoms with Crippen LogP contribution in [0.3, 0.4) is 0 Å². The largest absolute Gasteiger partial charge is 0.454 e. The van der Waals surface area contributed by atoms with Crippen molar-refractivity contribution in [3.05, 3.63) is 18.2 Å². The fraction of sp³-hybridized carbons (Fsp3) is 0.462. The number of anilines is 1. The molecule has 1 heterocycles. The van der Waals surface area contributed by atoms with Crippen LogP contribution in [0.15, 0.2) is 18.2 Å². The van der Waals surface area contributed by atoms with Gasteiger partial charge in [-0.15, -0.1) is 0 Å². The van der Waals surface area contributed by atoms with Crippen molar-refractivity contribution in [1.29, 1.82) is 0 Å². The average molecular weight is 250 g/mol. The van der Waals surface area contributed by atoms with Gasteiger partial charge in [-0.25, -0.2) is 4.79 Å². The summed E-state index contributed by atoms with van der Waals surface area (Å²) in [5.74, 6) is 1.36. The molecule has 0 aromatic heterocycles. The van der Waals surface area contributed by atoms with E-state index in [1.165, 1.54) is 0 Å². The number of benzene rings is 1. The van der Waals surface area contributed by atoms with Gasteiger partial charge in [-0.1, -0.05) is 20.8 Å². The van der Waals surface area contributed by atoms with Gasteiger partial charge in [0.25, 0.3) is 0 Å². The predicted molar refractivity (Wildman–Crippen MR) is 69.0 cm³/mol. The van der Waals surface area contributed by atoms with Gasteiger partial charge in [-0.3, -0.25) is 0 Å². The number of nitrogens with one attached hydrogen (secondary N) is 2. The van der Waals surface area contributed by atoms with Gasteiger partial charge in [0.1, 0.15) is 0 Å². The molecule has 1 aliphatic rings. The number of carbonyl (C=O) groups excluding carboxylic acids is 1. The molecule has 0 saturated heterocycles. The fourth-order valence-corrected chi connectivity index (χ4v) is 1.50. The molecule has 0 atom stereocenters. The highest BCUT2D eigenvalue weighted by Crippen LogP contribution is 2.34. The predicted octanol–water partition coefficient (Wildman–Crippen LogP) is 2.58. The van der Waals surface area contributed by atoms with Gasteiger partial charge in [0.15, 0.2) is 11.5 Å². The average Bonchev–Trinajstić information content (AvgIpc) is 2.72. The number of carbonyl (C=O) groups is 1. The Kier molecular flexibility index (Phi) is 3.32. The quantitative estimate of drug-likeness (QED) is 0.848. The zero-order valence-corrected chi connectivity index (χ0v) is 10.9. The van der Waals surface area contributed by atoms with Gasteiger partial charge in [0.2, 0.25) is 6.79 Å². The van der Waals surface area contributed by atoms with E-state index in [1.54, 1.807) is 18.2 Å². The van der Waals surface area contributed by atoms with E-state index >= 15 is 0 Å². The Bertz CT molecular complexity index is 452. The first kappa shape index (κ1) is 12.5. The Morgan fingerprint density at radius 1 is 1.28 bits per heavy atom. The molecule has 98 valence electrons. The molecule has 1 aromatic carbocycles. The van der Waals surface area contributed by atoms with Crippen LogP contribution in [0.1, 0.15) is 20.8 Å². The van der Waals surface area contributed by atoms with Crippen molar-refractivity contribution in [3.63, 3.8) is 0 Å². The van der Waals surface area contributed by atoms with Crippen LogP contribution in [0.25, 0.3) is 0 Å². The van der Waals surface area contributed by atoms with Crippen LogP contribution in [0, 0.1) is 5.41 Å². The van der Waals surface area contributed by atoms with Crippen LogP contribution < -0.4 is 20.1 Å². The van der Waals surface area contributed by atoms with Crippen molar-refractivity contribution in [1.82, 2.24) is 5.32 Å². The minimum atomic E-state index is -0.219. The monoisotopic (exact) mass is 250 g/mol. The van der Waals surface area contributed by atoms with E-state index in [9.17, 15) is 4.79 Å². The summed E-state index contributed by atoms with van der Waals surface area (Å²) < 4.78 is 10.4. The lowest BCUT2D eigenvalue weighted by Gasteiger charge is -2.18. The summed E-state index contributed by atoms with van der Waals surface area (Å²) in [4.78, 5) is 11.7. The smallest absolute Gasteiger partial charge is 0.319 e. The molecule has 5 heteroatoms. The third-order valence-electron chi connectivity index (χ3n) is 2.41. The first-order chi connectivity index (χ1) is 8.44. The van der Waals surface area contributed by atoms with E-state index in [1.807, 2.05) is 0 Å². The van der Waals surface area contributed by atoms with Crippen molar-refractivity contribution in [2.75, 3.05) is 18.7 Å². The molecule has 1 aliphatic heterocycles. The maximum atomic E-state index is 11.7. The zero-order chi connectivity index (χ0) is 13.2. The molecule has 18 heavy (non-hydrogen) atoms. The van der Waals surface area contributed by atoms with Gasteiger partial charge < -0.3 is 20.1 Å². The van der Waals surface area contributed by atoms with Crippen molar-refractivity contribution in [2.45, 2.75) is 20.8 Å². The molecule has 0 bridgehead atoms. The Morgan fingerprint density at radius 3 is 2.72 bits per heavy atom. The normalized spacial score (nSPS) is 13.3. The summed E-state index contributed by atoms with van der Waals surface area (Å²) in [5.41, 5.74) is 0.748. The molecule has 2 N–H and O–H groups in total. The zero-order valence-electron chi connectivity index (χ0n) is 10.9. The van der Waals surface area contributed by atoms with Crippen molar-refractivity contribution in [2.24, 2.45) is 5.41 Å². The number of ether oxygens (including phenoxy) is 2. The fourth-order valence-electron chi connectivity index (χ4n) is 1.50. The van der Waals surface area contributed by atoms with Crippen LogP contribution >= 0.6 is 0 Å². The van der Waals surface area contributed by atoms with E-state index in [-0.39, 0.29) is 18.2 Å². The van der Waals surface area contributed by atoms with E-state index in [2.05, 4.69) is 31.4 Å². The molecule has 2 rings (SSSR count). The summed E-state index contributed by atoms with van der Waals surface area (Å²) >= 11 is 0. The SMILES string of the molecule is CC(C)(C)CNC(=O)Nc1ccc2c(c1)OCO2. The molecule has 0 unspecified atom stereocenters. The molecular formula is C13H18N2O3. The summed E-state index contributed by atoms with van der Waals surface area (Å²) in [6.45, 7) is 7.04. The summed E-state index contributed by atoms with van der Waals surface area (Å²) in [6.07, 6.45) is 0. The van der Waals surface area contributed by atoms with Crippen LogP contribution in [0.4, 0.5) is 10.5 Å². The Balaban J connectivity index is 1.91. The second-order valence-corrected chi connectivity index (χ2v) is 5.44. The van der Waals surface area contributed by atoms with Crippen molar-refractivity contribution < 1.29 is 14.3 Å². The standard InChI is InChI=1S/C13H18N2O3/c1-13(2,3)7-14-12(16)15-9-4-5-10-11(6-9)18-8-17-10/h4-6H,7-8H2,1-3H3,(H2,14,15,16). The van der Waals surface area contributed by atoms with Gasteiger partial charge in [0.05, 0.1) is 0 Å². The summed E-state index contributed by atoms with van der Waals surface area (Å²) in [6, 6.07) is 5.09. The molecule has 0 fully saturated rings. The number of rotatable bonds is 2. The van der Waals surface area contributed by atoms with Crippen molar-refractivity contribution in [3.8, 4) is 11.5 Å². The molecule has 1 aromatic rings. The molecular weight excluding hydrogens is 232 g/mol. The maximum Gasteiger partial charge on any atom is 0.319 e. The first-order valence-corrected chi connectivity index (χ1v) is 5.88. The molecule has 5 nitrogen and oxygen atoms in total. The van der Waals surface area contributed by atoms with Crippen LogP contribution in [0.2, 0.25) is 0 Å². The number of urea groups is 1. The number of fused-ring (bicyclic) bond motifs is 1. The molecule has 2 amide bonds. The van der Waals surface area contributed by atoms with Gasteiger partial charge in [-0.05, 0) is 17.5 Å². The highest BCUT2D eigenvalue weighted by Gasteiger charge is 2.15. The minimum Gasteiger partial charge on any atom is -0.454 e. The second-order valence-electron chi connectivity index (χ2n) is 5.44. The first-order valence-electron chi connectivity index (χ1n) is 5.88. The molecule has 0 aliphatic carbocycles. The van der Waals surface area contributed by atoms with Crippen LogP contribution in [-0.2, 0) is 0 Å². The topological polar surface area (TPSA) is 59.6 Å². The Hall–Kier alpha value is -1.91. The van der Waals surface area contributed by atoms with Gasteiger partial charge in [0, 0.05) is 18.3 Å². The number of hydrogen-bond acceptors (Lipinski definition) is 3. The highest BCUT2D eigenvalue weighted by atomic mass is 16.7. The number of amides is 2. The van der Waals surface area contributed by atoms with Crippen LogP contribution in [0.5, 0.6) is 11.5 Å². The lowest BCUT2D eigenvalue weighted by molar-refractivity contribution is 0.174. The van der Waals surface area contributed by atoms with Crippen molar-refractivity contribution >= 4 is 11.7 Å². The summed E-state index contributed by atoms with van der Waals surface area (Å²) in [5, 5.41) is 5.58. The highest BCUT2D eigenvalue weighted by molar-refractivity contribution is 5.89. The molecule has 0 saturated carbocycles. The maximum absolute atomic E-state index is 11.7. The van der Waals surface area contributed by atoms with E-state index in [4.69, 9.17) is 9.47 Å². The Labute approximate surface area is 106 Å². The molecule has 0 radical (unpaired) electrons. The van der Waals surface area contributed by atoms with E-state index in [0.29, 0.717) is 23.7 Å². The number of hydrogen-bond donors (Lipinski definition) is 2. The third-order valence-corrected chi connectivity index (χ3v) is 2.41.